The number of hydrogen-bond donors (Lipinski definition) is 1. The molecule has 1 heterocycles. The van der Waals surface area contributed by atoms with Crippen molar-refractivity contribution < 1.29 is 14.6 Å². The molecule has 1 aromatic rings. The molecule has 0 aliphatic carbocycles. The molecule has 2 unspecified atom stereocenters. The van der Waals surface area contributed by atoms with Crippen LogP contribution in [0.25, 0.3) is 0 Å². The number of ether oxygens (including phenoxy) is 1. The van der Waals surface area contributed by atoms with Gasteiger partial charge in [0.15, 0.2) is 0 Å². The van der Waals surface area contributed by atoms with Crippen LogP contribution in [0.5, 0.6) is 5.75 Å². The number of rotatable bonds is 2. The lowest BCUT2D eigenvalue weighted by Crippen LogP contribution is -2.46. The summed E-state index contributed by atoms with van der Waals surface area (Å²) in [6, 6.07) is 5.07. The van der Waals surface area contributed by atoms with Crippen LogP contribution in [-0.4, -0.2) is 42.2 Å². The van der Waals surface area contributed by atoms with E-state index in [-0.39, 0.29) is 17.8 Å². The van der Waals surface area contributed by atoms with Gasteiger partial charge < -0.3 is 14.7 Å². The van der Waals surface area contributed by atoms with Gasteiger partial charge in [0.1, 0.15) is 5.75 Å². The number of likely N-dealkylation sites (tertiary alicyclic amines) is 1. The second-order valence-corrected chi connectivity index (χ2v) is 5.29. The van der Waals surface area contributed by atoms with E-state index in [2.05, 4.69) is 6.92 Å². The van der Waals surface area contributed by atoms with E-state index in [4.69, 9.17) is 4.74 Å². The Balaban J connectivity index is 2.13. The van der Waals surface area contributed by atoms with Crippen LogP contribution in [0.2, 0.25) is 0 Å². The van der Waals surface area contributed by atoms with Crippen LogP contribution in [-0.2, 0) is 4.74 Å². The zero-order valence-electron chi connectivity index (χ0n) is 11.7. The minimum Gasteiger partial charge on any atom is -0.508 e. The van der Waals surface area contributed by atoms with Crippen LogP contribution in [0, 0.1) is 12.8 Å². The fourth-order valence-corrected chi connectivity index (χ4v) is 2.45. The number of aryl methyl sites for hydroxylation is 1. The Morgan fingerprint density at radius 1 is 1.47 bits per heavy atom. The molecular weight excluding hydrogens is 242 g/mol. The molecule has 0 bridgehead atoms. The Labute approximate surface area is 114 Å². The highest BCUT2D eigenvalue weighted by atomic mass is 16.5. The average Bonchev–Trinajstić information content (AvgIpc) is 2.41. The van der Waals surface area contributed by atoms with Gasteiger partial charge in [-0.15, -0.1) is 0 Å². The maximum Gasteiger partial charge on any atom is 0.254 e. The molecule has 2 rings (SSSR count). The second-order valence-electron chi connectivity index (χ2n) is 5.29. The second kappa shape index (κ2) is 5.61. The summed E-state index contributed by atoms with van der Waals surface area (Å²) < 4.78 is 5.42. The Morgan fingerprint density at radius 3 is 2.84 bits per heavy atom. The van der Waals surface area contributed by atoms with Gasteiger partial charge in [0.2, 0.25) is 0 Å². The van der Waals surface area contributed by atoms with Gasteiger partial charge in [-0.25, -0.2) is 0 Å². The van der Waals surface area contributed by atoms with Crippen molar-refractivity contribution >= 4 is 5.91 Å². The number of carbonyl (C=O) groups is 1. The zero-order chi connectivity index (χ0) is 14.0. The number of phenols is 1. The molecule has 104 valence electrons. The minimum absolute atomic E-state index is 0.0377. The van der Waals surface area contributed by atoms with Gasteiger partial charge in [-0.1, -0.05) is 13.0 Å². The molecule has 2 atom stereocenters. The van der Waals surface area contributed by atoms with Gasteiger partial charge in [-0.05, 0) is 37.0 Å². The van der Waals surface area contributed by atoms with E-state index in [0.717, 1.165) is 18.5 Å². The first-order valence-corrected chi connectivity index (χ1v) is 6.64. The SMILES string of the molecule is COC1CN(C(=O)c2ccc(C)c(O)c2)CCC1C. The van der Waals surface area contributed by atoms with E-state index >= 15 is 0 Å². The minimum atomic E-state index is -0.0377. The standard InChI is InChI=1S/C15H21NO3/c1-10-4-5-12(8-13(10)17)15(18)16-7-6-11(2)14(9-16)19-3/h4-5,8,11,14,17H,6-7,9H2,1-3H3. The predicted octanol–water partition coefficient (Wildman–Crippen LogP) is 2.20. The van der Waals surface area contributed by atoms with E-state index in [1.54, 1.807) is 24.1 Å². The summed E-state index contributed by atoms with van der Waals surface area (Å²) >= 11 is 0. The lowest BCUT2D eigenvalue weighted by molar-refractivity contribution is -0.00157. The molecule has 4 nitrogen and oxygen atoms in total. The topological polar surface area (TPSA) is 49.8 Å². The third-order valence-corrected chi connectivity index (χ3v) is 3.94. The molecular formula is C15H21NO3. The summed E-state index contributed by atoms with van der Waals surface area (Å²) in [5, 5.41) is 9.69. The molecule has 1 aliphatic heterocycles. The highest BCUT2D eigenvalue weighted by Gasteiger charge is 2.29. The monoisotopic (exact) mass is 263 g/mol. The van der Waals surface area contributed by atoms with Gasteiger partial charge >= 0.3 is 0 Å². The van der Waals surface area contributed by atoms with Crippen LogP contribution < -0.4 is 0 Å². The number of hydrogen-bond acceptors (Lipinski definition) is 3. The summed E-state index contributed by atoms with van der Waals surface area (Å²) in [4.78, 5) is 14.2. The fourth-order valence-electron chi connectivity index (χ4n) is 2.45. The number of amides is 1. The normalized spacial score (nSPS) is 23.4. The van der Waals surface area contributed by atoms with Gasteiger partial charge in [-0.2, -0.15) is 0 Å². The first-order chi connectivity index (χ1) is 9.02. The smallest absolute Gasteiger partial charge is 0.254 e. The predicted molar refractivity (Wildman–Crippen MR) is 73.3 cm³/mol. The highest BCUT2D eigenvalue weighted by molar-refractivity contribution is 5.94. The number of methoxy groups -OCH3 is 1. The van der Waals surface area contributed by atoms with Crippen molar-refractivity contribution in [2.45, 2.75) is 26.4 Å². The number of carbonyl (C=O) groups excluding carboxylic acids is 1. The van der Waals surface area contributed by atoms with Crippen molar-refractivity contribution in [3.05, 3.63) is 29.3 Å². The van der Waals surface area contributed by atoms with Crippen LogP contribution in [0.3, 0.4) is 0 Å². The van der Waals surface area contributed by atoms with E-state index in [1.165, 1.54) is 6.07 Å². The largest absolute Gasteiger partial charge is 0.508 e. The number of piperidine rings is 1. The van der Waals surface area contributed by atoms with E-state index in [0.29, 0.717) is 18.0 Å². The molecule has 1 amide bonds. The number of benzene rings is 1. The lowest BCUT2D eigenvalue weighted by Gasteiger charge is -2.36. The number of nitrogens with zero attached hydrogens (tertiary/aromatic N) is 1. The molecule has 1 N–H and O–H groups in total. The number of aromatic hydroxyl groups is 1. The molecule has 1 saturated heterocycles. The third-order valence-electron chi connectivity index (χ3n) is 3.94. The molecule has 0 radical (unpaired) electrons. The quantitative estimate of drug-likeness (QED) is 0.890. The van der Waals surface area contributed by atoms with Crippen LogP contribution in [0.4, 0.5) is 0 Å². The van der Waals surface area contributed by atoms with Crippen molar-refractivity contribution in [3.63, 3.8) is 0 Å². The van der Waals surface area contributed by atoms with E-state index in [1.807, 2.05) is 6.92 Å². The molecule has 1 fully saturated rings. The van der Waals surface area contributed by atoms with E-state index < -0.39 is 0 Å². The maximum absolute atomic E-state index is 12.4. The molecule has 0 saturated carbocycles. The summed E-state index contributed by atoms with van der Waals surface area (Å²) in [7, 11) is 1.69. The molecule has 1 aromatic carbocycles. The van der Waals surface area contributed by atoms with Crippen LogP contribution >= 0.6 is 0 Å². The molecule has 0 spiro atoms. The van der Waals surface area contributed by atoms with Crippen molar-refractivity contribution in [3.8, 4) is 5.75 Å². The van der Waals surface area contributed by atoms with Crippen molar-refractivity contribution in [2.24, 2.45) is 5.92 Å². The number of phenolic OH excluding ortho intramolecular Hbond substituents is 1. The van der Waals surface area contributed by atoms with Gasteiger partial charge in [0.25, 0.3) is 5.91 Å². The molecule has 1 aliphatic rings. The highest BCUT2D eigenvalue weighted by Crippen LogP contribution is 2.23. The fraction of sp³-hybridized carbons (Fsp3) is 0.533. The molecule has 0 aromatic heterocycles. The average molecular weight is 263 g/mol. The van der Waals surface area contributed by atoms with Gasteiger partial charge in [0, 0.05) is 25.8 Å². The van der Waals surface area contributed by atoms with Crippen molar-refractivity contribution in [1.82, 2.24) is 4.90 Å². The molecule has 4 heteroatoms. The third kappa shape index (κ3) is 2.89. The van der Waals surface area contributed by atoms with Gasteiger partial charge in [0.05, 0.1) is 6.10 Å². The van der Waals surface area contributed by atoms with E-state index in [9.17, 15) is 9.90 Å². The van der Waals surface area contributed by atoms with Crippen molar-refractivity contribution in [1.29, 1.82) is 0 Å². The zero-order valence-corrected chi connectivity index (χ0v) is 11.7. The lowest BCUT2D eigenvalue weighted by atomic mass is 9.95. The Hall–Kier alpha value is -1.55. The van der Waals surface area contributed by atoms with Crippen LogP contribution in [0.1, 0.15) is 29.3 Å². The Kier molecular flexibility index (Phi) is 4.10. The Morgan fingerprint density at radius 2 is 2.21 bits per heavy atom. The Bertz CT molecular complexity index is 472. The first-order valence-electron chi connectivity index (χ1n) is 6.64. The summed E-state index contributed by atoms with van der Waals surface area (Å²) in [6.45, 7) is 5.32. The first kappa shape index (κ1) is 13.9. The van der Waals surface area contributed by atoms with Gasteiger partial charge in [-0.3, -0.25) is 4.79 Å². The molecule has 19 heavy (non-hydrogen) atoms. The maximum atomic E-state index is 12.4. The summed E-state index contributed by atoms with van der Waals surface area (Å²) in [5.74, 6) is 0.601. The summed E-state index contributed by atoms with van der Waals surface area (Å²) in [6.07, 6.45) is 1.04. The van der Waals surface area contributed by atoms with Crippen molar-refractivity contribution in [2.75, 3.05) is 20.2 Å². The summed E-state index contributed by atoms with van der Waals surface area (Å²) in [5.41, 5.74) is 1.31. The van der Waals surface area contributed by atoms with Crippen LogP contribution in [0.15, 0.2) is 18.2 Å².